The lowest BCUT2D eigenvalue weighted by Crippen LogP contribution is -2.09. The smallest absolute Gasteiger partial charge is 0.359 e. The lowest BCUT2D eigenvalue weighted by molar-refractivity contribution is 0.0517. The second kappa shape index (κ2) is 10.2. The molecule has 0 fully saturated rings. The van der Waals surface area contributed by atoms with Crippen molar-refractivity contribution in [1.82, 2.24) is 9.78 Å². The van der Waals surface area contributed by atoms with Crippen molar-refractivity contribution in [3.05, 3.63) is 81.4 Å². The second-order valence-corrected chi connectivity index (χ2v) is 8.83. The quantitative estimate of drug-likeness (QED) is 0.144. The van der Waals surface area contributed by atoms with Crippen molar-refractivity contribution < 1.29 is 13.9 Å². The van der Waals surface area contributed by atoms with Gasteiger partial charge in [-0.2, -0.15) is 5.10 Å². The Morgan fingerprint density at radius 1 is 1.22 bits per heavy atom. The molecule has 32 heavy (non-hydrogen) atoms. The summed E-state index contributed by atoms with van der Waals surface area (Å²) in [5, 5.41) is 5.27. The fraction of sp³-hybridized carbons (Fsp3) is 0.280. The molecule has 4 nitrogen and oxygen atoms in total. The van der Waals surface area contributed by atoms with Gasteiger partial charge in [-0.05, 0) is 79.6 Å². The van der Waals surface area contributed by atoms with Crippen LogP contribution in [0.3, 0.4) is 0 Å². The fourth-order valence-corrected chi connectivity index (χ4v) is 4.75. The highest BCUT2D eigenvalue weighted by Crippen LogP contribution is 2.36. The molecule has 0 unspecified atom stereocenters. The Kier molecular flexibility index (Phi) is 7.30. The number of fused-ring (bicyclic) bond motifs is 1. The molecule has 2 aromatic carbocycles. The van der Waals surface area contributed by atoms with E-state index in [0.29, 0.717) is 10.7 Å². The first-order chi connectivity index (χ1) is 15.5. The van der Waals surface area contributed by atoms with E-state index in [2.05, 4.69) is 22.6 Å². The Labute approximate surface area is 205 Å². The van der Waals surface area contributed by atoms with E-state index in [4.69, 9.17) is 21.4 Å². The van der Waals surface area contributed by atoms with Gasteiger partial charge in [0.05, 0.1) is 23.0 Å². The number of halogens is 3. The molecule has 1 aliphatic rings. The van der Waals surface area contributed by atoms with Gasteiger partial charge in [-0.3, -0.25) is 0 Å². The minimum atomic E-state index is -0.425. The van der Waals surface area contributed by atoms with E-state index in [1.54, 1.807) is 23.7 Å². The van der Waals surface area contributed by atoms with Crippen LogP contribution in [0.5, 0.6) is 0 Å². The third-order valence-electron chi connectivity index (χ3n) is 5.48. The minimum absolute atomic E-state index is 0.273. The van der Waals surface area contributed by atoms with Crippen molar-refractivity contribution in [3.63, 3.8) is 0 Å². The Morgan fingerprint density at radius 3 is 2.66 bits per heavy atom. The Bertz CT molecular complexity index is 1170. The lowest BCUT2D eigenvalue weighted by Gasteiger charge is -2.13. The van der Waals surface area contributed by atoms with Crippen LogP contribution in [-0.2, 0) is 15.6 Å². The van der Waals surface area contributed by atoms with Gasteiger partial charge in [0.25, 0.3) is 0 Å². The maximum Gasteiger partial charge on any atom is 0.359 e. The largest absolute Gasteiger partial charge is 0.461 e. The van der Waals surface area contributed by atoms with Gasteiger partial charge in [-0.15, -0.1) is 0 Å². The normalized spacial score (nSPS) is 14.8. The van der Waals surface area contributed by atoms with Gasteiger partial charge in [0.1, 0.15) is 5.82 Å². The van der Waals surface area contributed by atoms with Gasteiger partial charge in [0.15, 0.2) is 5.69 Å². The van der Waals surface area contributed by atoms with E-state index in [-0.39, 0.29) is 12.4 Å². The summed E-state index contributed by atoms with van der Waals surface area (Å²) < 4.78 is 21.4. The number of rotatable bonds is 5. The van der Waals surface area contributed by atoms with Crippen LogP contribution in [0.25, 0.3) is 17.3 Å². The number of hydrogen-bond donors (Lipinski definition) is 0. The highest BCUT2D eigenvalue weighted by atomic mass is 127. The second-order valence-electron chi connectivity index (χ2n) is 7.66. The zero-order valence-corrected chi connectivity index (χ0v) is 20.6. The van der Waals surface area contributed by atoms with Gasteiger partial charge in [0.2, 0.25) is 0 Å². The third kappa shape index (κ3) is 4.76. The summed E-state index contributed by atoms with van der Waals surface area (Å²) >= 11 is 8.96. The third-order valence-corrected chi connectivity index (χ3v) is 6.67. The highest BCUT2D eigenvalue weighted by molar-refractivity contribution is 14.1. The number of alkyl halides is 1. The lowest BCUT2D eigenvalue weighted by atomic mass is 10.0. The van der Waals surface area contributed by atoms with Crippen LogP contribution in [0, 0.1) is 5.82 Å². The number of ether oxygens (including phenoxy) is 1. The molecule has 3 aromatic rings. The average molecular weight is 565 g/mol. The maximum atomic E-state index is 13.4. The summed E-state index contributed by atoms with van der Waals surface area (Å²) in [6, 6.07) is 12.3. The van der Waals surface area contributed by atoms with E-state index in [0.717, 1.165) is 63.8 Å². The summed E-state index contributed by atoms with van der Waals surface area (Å²) in [4.78, 5) is 12.8. The SMILES string of the molecule is CCOC(=O)c1nn(-c2ccc(CI)cc2Cl)c2c1CCCC/C2=C\c1ccc(F)cc1. The van der Waals surface area contributed by atoms with Crippen LogP contribution in [-0.4, -0.2) is 22.4 Å². The summed E-state index contributed by atoms with van der Waals surface area (Å²) in [7, 11) is 0. The topological polar surface area (TPSA) is 44.1 Å². The predicted octanol–water partition coefficient (Wildman–Crippen LogP) is 7.04. The molecular weight excluding hydrogens is 542 g/mol. The van der Waals surface area contributed by atoms with E-state index < -0.39 is 5.97 Å². The number of nitrogens with zero attached hydrogens (tertiary/aromatic N) is 2. The monoisotopic (exact) mass is 564 g/mol. The molecule has 1 aromatic heterocycles. The average Bonchev–Trinajstić information content (AvgIpc) is 3.04. The summed E-state index contributed by atoms with van der Waals surface area (Å²) in [6.45, 7) is 2.07. The van der Waals surface area contributed by atoms with Gasteiger partial charge in [0, 0.05) is 9.99 Å². The van der Waals surface area contributed by atoms with Crippen molar-refractivity contribution in [2.45, 2.75) is 37.0 Å². The van der Waals surface area contributed by atoms with Crippen molar-refractivity contribution in [2.24, 2.45) is 0 Å². The van der Waals surface area contributed by atoms with Crippen LogP contribution < -0.4 is 0 Å². The first-order valence-corrected chi connectivity index (χ1v) is 12.5. The Morgan fingerprint density at radius 2 is 1.97 bits per heavy atom. The van der Waals surface area contributed by atoms with E-state index >= 15 is 0 Å². The van der Waals surface area contributed by atoms with Crippen LogP contribution >= 0.6 is 34.2 Å². The Hall–Kier alpha value is -2.19. The van der Waals surface area contributed by atoms with Crippen molar-refractivity contribution in [3.8, 4) is 5.69 Å². The first-order valence-electron chi connectivity index (χ1n) is 10.6. The summed E-state index contributed by atoms with van der Waals surface area (Å²) in [6.07, 6.45) is 5.51. The fourth-order valence-electron chi connectivity index (χ4n) is 4.00. The van der Waals surface area contributed by atoms with Crippen LogP contribution in [0.1, 0.15) is 59.1 Å². The van der Waals surface area contributed by atoms with Crippen LogP contribution in [0.2, 0.25) is 5.02 Å². The Balaban J connectivity index is 1.94. The molecule has 0 bridgehead atoms. The van der Waals surface area contributed by atoms with E-state index in [1.165, 1.54) is 12.1 Å². The van der Waals surface area contributed by atoms with Crippen molar-refractivity contribution in [2.75, 3.05) is 6.61 Å². The van der Waals surface area contributed by atoms with Crippen molar-refractivity contribution in [1.29, 1.82) is 0 Å². The standard InChI is InChI=1S/C25H23ClFIN2O2/c1-2-32-25(31)23-20-6-4-3-5-18(13-16-7-10-19(27)11-8-16)24(20)30(29-23)22-12-9-17(15-28)14-21(22)26/h7-14H,2-6,15H2,1H3/b18-13+. The predicted molar refractivity (Wildman–Crippen MR) is 134 cm³/mol. The van der Waals surface area contributed by atoms with Gasteiger partial charge in [-0.25, -0.2) is 13.9 Å². The van der Waals surface area contributed by atoms with Gasteiger partial charge in [-0.1, -0.05) is 52.4 Å². The zero-order chi connectivity index (χ0) is 22.7. The molecule has 4 rings (SSSR count). The number of benzene rings is 2. The minimum Gasteiger partial charge on any atom is -0.461 e. The van der Waals surface area contributed by atoms with E-state index in [9.17, 15) is 9.18 Å². The van der Waals surface area contributed by atoms with Crippen LogP contribution in [0.4, 0.5) is 4.39 Å². The summed E-state index contributed by atoms with van der Waals surface area (Å²) in [5.74, 6) is -0.698. The summed E-state index contributed by atoms with van der Waals surface area (Å²) in [5.41, 5.74) is 5.86. The number of carbonyl (C=O) groups is 1. The van der Waals surface area contributed by atoms with Gasteiger partial charge >= 0.3 is 5.97 Å². The van der Waals surface area contributed by atoms with Gasteiger partial charge < -0.3 is 4.74 Å². The highest BCUT2D eigenvalue weighted by Gasteiger charge is 2.28. The number of hydrogen-bond acceptors (Lipinski definition) is 3. The molecule has 0 N–H and O–H groups in total. The molecule has 0 aliphatic heterocycles. The van der Waals surface area contributed by atoms with Crippen LogP contribution in [0.15, 0.2) is 42.5 Å². The molecule has 0 spiro atoms. The molecule has 1 aliphatic carbocycles. The van der Waals surface area contributed by atoms with Crippen molar-refractivity contribution >= 4 is 51.8 Å². The number of aromatic nitrogens is 2. The maximum absolute atomic E-state index is 13.4. The molecule has 0 saturated carbocycles. The first kappa shape index (κ1) is 23.0. The molecule has 1 heterocycles. The number of esters is 1. The molecule has 166 valence electrons. The van der Waals surface area contributed by atoms with E-state index in [1.807, 2.05) is 24.3 Å². The number of carbonyl (C=O) groups excluding carboxylic acids is 1. The zero-order valence-electron chi connectivity index (χ0n) is 17.7. The molecule has 0 saturated heterocycles. The molecule has 0 amide bonds. The number of allylic oxidation sites excluding steroid dienone is 1. The molecule has 0 atom stereocenters. The molecule has 7 heteroatoms. The molecule has 0 radical (unpaired) electrons. The molecular formula is C25H23ClFIN2O2.